The highest BCUT2D eigenvalue weighted by atomic mass is 79.9. The summed E-state index contributed by atoms with van der Waals surface area (Å²) in [6.45, 7) is 5.48. The van der Waals surface area contributed by atoms with Gasteiger partial charge in [-0.1, -0.05) is 6.92 Å². The van der Waals surface area contributed by atoms with E-state index in [2.05, 4.69) is 40.1 Å². The molecular weight excluding hydrogens is 340 g/mol. The third-order valence-electron chi connectivity index (χ3n) is 3.13. The number of thiazole rings is 1. The van der Waals surface area contributed by atoms with Crippen LogP contribution in [0.3, 0.4) is 0 Å². The fourth-order valence-corrected chi connectivity index (χ4v) is 3.60. The van der Waals surface area contributed by atoms with Gasteiger partial charge in [-0.05, 0) is 41.5 Å². The van der Waals surface area contributed by atoms with Gasteiger partial charge in [-0.2, -0.15) is 0 Å². The van der Waals surface area contributed by atoms with E-state index in [1.54, 1.807) is 11.3 Å². The molecule has 1 aliphatic heterocycles. The SMILES string of the molecule is CCNC(C)c1cnc(-c2cc(Br)c3c(c2)OCO3)s1. The Morgan fingerprint density at radius 3 is 3.10 bits per heavy atom. The maximum absolute atomic E-state index is 5.45. The lowest BCUT2D eigenvalue weighted by Crippen LogP contribution is -2.16. The summed E-state index contributed by atoms with van der Waals surface area (Å²) < 4.78 is 11.7. The van der Waals surface area contributed by atoms with Crippen LogP contribution in [-0.2, 0) is 0 Å². The molecule has 0 radical (unpaired) electrons. The van der Waals surface area contributed by atoms with Crippen LogP contribution in [0.1, 0.15) is 24.8 Å². The Hall–Kier alpha value is -1.11. The van der Waals surface area contributed by atoms with Crippen LogP contribution in [0.15, 0.2) is 22.8 Å². The lowest BCUT2D eigenvalue weighted by atomic mass is 10.2. The predicted octanol–water partition coefficient (Wildman–Crippen LogP) is 3.97. The van der Waals surface area contributed by atoms with Crippen LogP contribution >= 0.6 is 27.3 Å². The monoisotopic (exact) mass is 354 g/mol. The van der Waals surface area contributed by atoms with Crippen LogP contribution in [-0.4, -0.2) is 18.3 Å². The van der Waals surface area contributed by atoms with Crippen molar-refractivity contribution in [2.45, 2.75) is 19.9 Å². The normalized spacial score (nSPS) is 14.6. The number of ether oxygens (including phenoxy) is 2. The average Bonchev–Trinajstić information content (AvgIpc) is 3.08. The molecule has 0 bridgehead atoms. The topological polar surface area (TPSA) is 43.4 Å². The molecule has 1 N–H and O–H groups in total. The molecule has 0 amide bonds. The highest BCUT2D eigenvalue weighted by Crippen LogP contribution is 2.43. The number of nitrogens with zero attached hydrogens (tertiary/aromatic N) is 1. The molecule has 0 saturated heterocycles. The molecule has 20 heavy (non-hydrogen) atoms. The van der Waals surface area contributed by atoms with Crippen molar-refractivity contribution in [1.29, 1.82) is 0 Å². The van der Waals surface area contributed by atoms with Crippen LogP contribution in [0.5, 0.6) is 11.5 Å². The van der Waals surface area contributed by atoms with Gasteiger partial charge in [0, 0.05) is 22.7 Å². The molecule has 3 rings (SSSR count). The van der Waals surface area contributed by atoms with Crippen LogP contribution in [0.2, 0.25) is 0 Å². The van der Waals surface area contributed by atoms with Crippen molar-refractivity contribution >= 4 is 27.3 Å². The minimum atomic E-state index is 0.276. The van der Waals surface area contributed by atoms with Crippen molar-refractivity contribution in [3.8, 4) is 22.1 Å². The van der Waals surface area contributed by atoms with Crippen LogP contribution in [0, 0.1) is 0 Å². The maximum Gasteiger partial charge on any atom is 0.231 e. The summed E-state index contributed by atoms with van der Waals surface area (Å²) in [5, 5.41) is 4.39. The van der Waals surface area contributed by atoms with Crippen molar-refractivity contribution in [2.75, 3.05) is 13.3 Å². The number of benzene rings is 1. The molecule has 6 heteroatoms. The minimum Gasteiger partial charge on any atom is -0.454 e. The van der Waals surface area contributed by atoms with Gasteiger partial charge in [-0.25, -0.2) is 4.98 Å². The number of aromatic nitrogens is 1. The first-order valence-corrected chi connectivity index (χ1v) is 8.08. The van der Waals surface area contributed by atoms with Gasteiger partial charge < -0.3 is 14.8 Å². The number of hydrogen-bond acceptors (Lipinski definition) is 5. The molecule has 2 aromatic rings. The van der Waals surface area contributed by atoms with E-state index in [0.717, 1.165) is 33.1 Å². The van der Waals surface area contributed by atoms with E-state index < -0.39 is 0 Å². The van der Waals surface area contributed by atoms with Gasteiger partial charge in [0.15, 0.2) is 11.5 Å². The highest BCUT2D eigenvalue weighted by molar-refractivity contribution is 9.10. The van der Waals surface area contributed by atoms with E-state index in [0.29, 0.717) is 6.04 Å². The van der Waals surface area contributed by atoms with Crippen molar-refractivity contribution in [2.24, 2.45) is 0 Å². The molecule has 1 unspecified atom stereocenters. The van der Waals surface area contributed by atoms with Gasteiger partial charge in [0.2, 0.25) is 6.79 Å². The van der Waals surface area contributed by atoms with Gasteiger partial charge in [0.05, 0.1) is 4.47 Å². The summed E-state index contributed by atoms with van der Waals surface area (Å²) in [6, 6.07) is 4.32. The molecule has 106 valence electrons. The average molecular weight is 355 g/mol. The van der Waals surface area contributed by atoms with Gasteiger partial charge in [-0.3, -0.25) is 0 Å². The third kappa shape index (κ3) is 2.55. The molecule has 0 aliphatic carbocycles. The minimum absolute atomic E-state index is 0.276. The first kappa shape index (κ1) is 13.9. The summed E-state index contributed by atoms with van der Waals surface area (Å²) in [6.07, 6.45) is 1.94. The molecule has 1 aliphatic rings. The van der Waals surface area contributed by atoms with Crippen molar-refractivity contribution in [1.82, 2.24) is 10.3 Å². The number of nitrogens with one attached hydrogen (secondary N) is 1. The van der Waals surface area contributed by atoms with Crippen molar-refractivity contribution < 1.29 is 9.47 Å². The zero-order valence-corrected chi connectivity index (χ0v) is 13.7. The predicted molar refractivity (Wildman–Crippen MR) is 83.5 cm³/mol. The highest BCUT2D eigenvalue weighted by Gasteiger charge is 2.20. The van der Waals surface area contributed by atoms with Crippen LogP contribution < -0.4 is 14.8 Å². The molecule has 0 spiro atoms. The van der Waals surface area contributed by atoms with Gasteiger partial charge in [-0.15, -0.1) is 11.3 Å². The summed E-state index contributed by atoms with van der Waals surface area (Å²) in [5.74, 6) is 1.54. The summed E-state index contributed by atoms with van der Waals surface area (Å²) in [5.41, 5.74) is 1.04. The lowest BCUT2D eigenvalue weighted by molar-refractivity contribution is 0.173. The Morgan fingerprint density at radius 1 is 1.45 bits per heavy atom. The number of hydrogen-bond donors (Lipinski definition) is 1. The Kier molecular flexibility index (Phi) is 3.96. The number of halogens is 1. The zero-order valence-electron chi connectivity index (χ0n) is 11.3. The van der Waals surface area contributed by atoms with E-state index >= 15 is 0 Å². The summed E-state index contributed by atoms with van der Waals surface area (Å²) >= 11 is 5.21. The van der Waals surface area contributed by atoms with Crippen LogP contribution in [0.25, 0.3) is 10.6 Å². The second kappa shape index (κ2) is 5.71. The second-order valence-electron chi connectivity index (χ2n) is 4.54. The fourth-order valence-electron chi connectivity index (χ4n) is 2.12. The molecule has 0 saturated carbocycles. The van der Waals surface area contributed by atoms with E-state index in [1.165, 1.54) is 4.88 Å². The lowest BCUT2D eigenvalue weighted by Gasteiger charge is -2.08. The Balaban J connectivity index is 1.92. The Labute approximate surface area is 130 Å². The van der Waals surface area contributed by atoms with E-state index in [9.17, 15) is 0 Å². The molecule has 4 nitrogen and oxygen atoms in total. The molecule has 2 heterocycles. The zero-order chi connectivity index (χ0) is 14.1. The summed E-state index contributed by atoms with van der Waals surface area (Å²) in [4.78, 5) is 5.75. The van der Waals surface area contributed by atoms with Crippen molar-refractivity contribution in [3.05, 3.63) is 27.7 Å². The molecule has 1 aromatic heterocycles. The number of rotatable bonds is 4. The first-order valence-electron chi connectivity index (χ1n) is 6.47. The molecule has 1 atom stereocenters. The van der Waals surface area contributed by atoms with Gasteiger partial charge in [0.25, 0.3) is 0 Å². The first-order chi connectivity index (χ1) is 9.69. The van der Waals surface area contributed by atoms with E-state index in [-0.39, 0.29) is 6.79 Å². The van der Waals surface area contributed by atoms with Crippen LogP contribution in [0.4, 0.5) is 0 Å². The Morgan fingerprint density at radius 2 is 2.30 bits per heavy atom. The maximum atomic E-state index is 5.45. The summed E-state index contributed by atoms with van der Waals surface area (Å²) in [7, 11) is 0. The molecule has 1 aromatic carbocycles. The smallest absolute Gasteiger partial charge is 0.231 e. The Bertz CT molecular complexity index is 630. The second-order valence-corrected chi connectivity index (χ2v) is 6.46. The fraction of sp³-hybridized carbons (Fsp3) is 0.357. The third-order valence-corrected chi connectivity index (χ3v) is 4.95. The van der Waals surface area contributed by atoms with E-state index in [4.69, 9.17) is 9.47 Å². The standard InChI is InChI=1S/C14H15BrN2O2S/c1-3-16-8(2)12-6-17-14(20-12)9-4-10(15)13-11(5-9)18-7-19-13/h4-6,8,16H,3,7H2,1-2H3. The van der Waals surface area contributed by atoms with E-state index in [1.807, 2.05) is 18.3 Å². The van der Waals surface area contributed by atoms with Gasteiger partial charge in [0.1, 0.15) is 5.01 Å². The van der Waals surface area contributed by atoms with Crippen molar-refractivity contribution in [3.63, 3.8) is 0 Å². The largest absolute Gasteiger partial charge is 0.454 e. The quantitative estimate of drug-likeness (QED) is 0.901. The molecular formula is C14H15BrN2O2S. The number of fused-ring (bicyclic) bond motifs is 1. The molecule has 0 fully saturated rings. The van der Waals surface area contributed by atoms with Gasteiger partial charge >= 0.3 is 0 Å².